The number of aliphatic hydroxyl groups is 1. The van der Waals surface area contributed by atoms with Gasteiger partial charge >= 0.3 is 18.0 Å². The maximum absolute atomic E-state index is 12.8. The average Bonchev–Trinajstić information content (AvgIpc) is 2.66. The van der Waals surface area contributed by atoms with Crippen molar-refractivity contribution in [3.63, 3.8) is 0 Å². The van der Waals surface area contributed by atoms with Gasteiger partial charge in [0.1, 0.15) is 0 Å². The highest BCUT2D eigenvalue weighted by Gasteiger charge is 2.27. The fourth-order valence-electron chi connectivity index (χ4n) is 2.73. The molecule has 0 heterocycles. The number of carboxylic acids is 1. The molecule has 0 aliphatic rings. The van der Waals surface area contributed by atoms with E-state index < -0.39 is 41.5 Å². The van der Waals surface area contributed by atoms with Crippen molar-refractivity contribution in [3.8, 4) is 0 Å². The normalized spacial score (nSPS) is 12.7. The zero-order valence-corrected chi connectivity index (χ0v) is 17.1. The second-order valence-corrected chi connectivity index (χ2v) is 7.02. The first-order chi connectivity index (χ1) is 14.0. The molecule has 0 bridgehead atoms. The number of nitrogens with one attached hydrogen (secondary N) is 1. The minimum Gasteiger partial charge on any atom is -0.481 e. The van der Waals surface area contributed by atoms with Crippen LogP contribution in [-0.4, -0.2) is 63.8 Å². The fraction of sp³-hybridized carbons (Fsp3) is 0.526. The molecular formula is C19H27N3O8. The molecule has 1 aromatic rings. The molecule has 0 spiro atoms. The molecule has 0 aliphatic heterocycles. The molecule has 2 atom stereocenters. The van der Waals surface area contributed by atoms with E-state index in [0.29, 0.717) is 0 Å². The lowest BCUT2D eigenvalue weighted by Crippen LogP contribution is -2.48. The molecule has 1 rings (SSSR count). The van der Waals surface area contributed by atoms with Gasteiger partial charge in [-0.1, -0.05) is 26.0 Å². The highest BCUT2D eigenvalue weighted by molar-refractivity contribution is 5.79. The van der Waals surface area contributed by atoms with Crippen LogP contribution in [0.5, 0.6) is 0 Å². The van der Waals surface area contributed by atoms with Crippen molar-refractivity contribution in [3.05, 3.63) is 39.9 Å². The Morgan fingerprint density at radius 1 is 1.27 bits per heavy atom. The van der Waals surface area contributed by atoms with Crippen molar-refractivity contribution in [2.75, 3.05) is 19.7 Å². The third-order valence-corrected chi connectivity index (χ3v) is 3.98. The summed E-state index contributed by atoms with van der Waals surface area (Å²) in [4.78, 5) is 47.3. The summed E-state index contributed by atoms with van der Waals surface area (Å²) in [5.41, 5.74) is 0.00398. The topological polar surface area (TPSA) is 159 Å². The first-order valence-corrected chi connectivity index (χ1v) is 9.41. The van der Waals surface area contributed by atoms with E-state index >= 15 is 0 Å². The Morgan fingerprint density at radius 3 is 2.47 bits per heavy atom. The van der Waals surface area contributed by atoms with Gasteiger partial charge in [0, 0.05) is 18.7 Å². The third-order valence-electron chi connectivity index (χ3n) is 3.98. The number of hydrogen-bond acceptors (Lipinski definition) is 7. The Balaban J connectivity index is 3.07. The van der Waals surface area contributed by atoms with E-state index in [-0.39, 0.29) is 36.9 Å². The number of amides is 2. The maximum atomic E-state index is 12.8. The Bertz CT molecular complexity index is 768. The van der Waals surface area contributed by atoms with E-state index in [4.69, 9.17) is 4.74 Å². The van der Waals surface area contributed by atoms with Crippen LogP contribution in [0.2, 0.25) is 0 Å². The van der Waals surface area contributed by atoms with Crippen LogP contribution >= 0.6 is 0 Å². The highest BCUT2D eigenvalue weighted by Crippen LogP contribution is 2.22. The van der Waals surface area contributed by atoms with Gasteiger partial charge in [-0.15, -0.1) is 0 Å². The summed E-state index contributed by atoms with van der Waals surface area (Å²) in [7, 11) is 0. The minimum absolute atomic E-state index is 0.0131. The number of hydrogen-bond donors (Lipinski definition) is 3. The fourth-order valence-corrected chi connectivity index (χ4v) is 2.73. The summed E-state index contributed by atoms with van der Waals surface area (Å²) in [6.45, 7) is 5.13. The van der Waals surface area contributed by atoms with Crippen molar-refractivity contribution in [2.45, 2.75) is 39.3 Å². The summed E-state index contributed by atoms with van der Waals surface area (Å²) < 4.78 is 4.74. The molecule has 0 saturated carbocycles. The number of rotatable bonds is 11. The van der Waals surface area contributed by atoms with E-state index in [0.717, 1.165) is 0 Å². The molecule has 30 heavy (non-hydrogen) atoms. The lowest BCUT2D eigenvalue weighted by molar-refractivity contribution is -0.384. The van der Waals surface area contributed by atoms with Crippen LogP contribution in [-0.2, 0) is 14.3 Å². The van der Waals surface area contributed by atoms with Crippen LogP contribution in [0, 0.1) is 16.0 Å². The Morgan fingerprint density at radius 2 is 1.93 bits per heavy atom. The molecule has 2 unspecified atom stereocenters. The third kappa shape index (κ3) is 8.03. The van der Waals surface area contributed by atoms with Gasteiger partial charge in [-0.05, 0) is 18.4 Å². The smallest absolute Gasteiger partial charge is 0.336 e. The van der Waals surface area contributed by atoms with Gasteiger partial charge in [-0.3, -0.25) is 14.9 Å². The number of aliphatic carboxylic acids is 1. The second-order valence-electron chi connectivity index (χ2n) is 7.02. The van der Waals surface area contributed by atoms with Crippen LogP contribution in [0.1, 0.15) is 38.8 Å². The molecule has 2 amide bonds. The molecule has 0 aromatic heterocycles. The second kappa shape index (κ2) is 11.7. The van der Waals surface area contributed by atoms with Crippen molar-refractivity contribution >= 4 is 23.7 Å². The summed E-state index contributed by atoms with van der Waals surface area (Å²) in [6.07, 6.45) is -2.08. The lowest BCUT2D eigenvalue weighted by Gasteiger charge is -2.28. The zero-order chi connectivity index (χ0) is 22.8. The van der Waals surface area contributed by atoms with Crippen molar-refractivity contribution in [2.24, 2.45) is 5.92 Å². The molecule has 11 nitrogen and oxygen atoms in total. The summed E-state index contributed by atoms with van der Waals surface area (Å²) in [5.74, 6) is -2.10. The lowest BCUT2D eigenvalue weighted by atomic mass is 10.0. The Labute approximate surface area is 173 Å². The number of esters is 1. The summed E-state index contributed by atoms with van der Waals surface area (Å²) in [5, 5.41) is 32.8. The highest BCUT2D eigenvalue weighted by atomic mass is 16.6. The van der Waals surface area contributed by atoms with Gasteiger partial charge in [0.25, 0.3) is 5.69 Å². The van der Waals surface area contributed by atoms with Crippen molar-refractivity contribution < 1.29 is 34.3 Å². The average molecular weight is 425 g/mol. The van der Waals surface area contributed by atoms with Crippen LogP contribution in [0.4, 0.5) is 10.5 Å². The predicted octanol–water partition coefficient (Wildman–Crippen LogP) is 1.70. The Hall–Kier alpha value is -3.21. The van der Waals surface area contributed by atoms with E-state index in [1.165, 1.54) is 29.2 Å². The van der Waals surface area contributed by atoms with Crippen LogP contribution in [0.25, 0.3) is 0 Å². The van der Waals surface area contributed by atoms with E-state index in [1.54, 1.807) is 6.92 Å². The zero-order valence-electron chi connectivity index (χ0n) is 17.1. The number of aliphatic hydroxyl groups excluding tert-OH is 1. The number of urea groups is 1. The molecule has 0 fully saturated rings. The number of nitrogens with zero attached hydrogens (tertiary/aromatic N) is 2. The van der Waals surface area contributed by atoms with Crippen molar-refractivity contribution in [1.29, 1.82) is 0 Å². The Kier molecular flexibility index (Phi) is 9.69. The molecule has 166 valence electrons. The minimum atomic E-state index is -1.56. The van der Waals surface area contributed by atoms with Crippen LogP contribution in [0.3, 0.4) is 0 Å². The van der Waals surface area contributed by atoms with Gasteiger partial charge in [0.05, 0.1) is 30.5 Å². The summed E-state index contributed by atoms with van der Waals surface area (Å²) in [6, 6.07) is 3.54. The van der Waals surface area contributed by atoms with Crippen LogP contribution < -0.4 is 5.32 Å². The standard InChI is InChI=1S/C19H27N3O8/c1-4-30-18(26)16(23)11-21(10-12(2)3)19(27)20-15(9-17(24)25)13-6-5-7-14(8-13)22(28)29/h5-8,12,15-16,23H,4,9-11H2,1-3H3,(H,20,27)(H,24,25). The number of ether oxygens (including phenoxy) is 1. The van der Waals surface area contributed by atoms with Crippen molar-refractivity contribution in [1.82, 2.24) is 10.2 Å². The summed E-state index contributed by atoms with van der Waals surface area (Å²) >= 11 is 0. The van der Waals surface area contributed by atoms with Gasteiger partial charge < -0.3 is 25.2 Å². The molecule has 1 aromatic carbocycles. The van der Waals surface area contributed by atoms with Gasteiger partial charge in [0.15, 0.2) is 6.10 Å². The van der Waals surface area contributed by atoms with E-state index in [2.05, 4.69) is 5.32 Å². The van der Waals surface area contributed by atoms with Crippen LogP contribution in [0.15, 0.2) is 24.3 Å². The molecule has 0 saturated heterocycles. The van der Waals surface area contributed by atoms with Gasteiger partial charge in [-0.25, -0.2) is 9.59 Å². The van der Waals surface area contributed by atoms with E-state index in [9.17, 15) is 34.7 Å². The first-order valence-electron chi connectivity index (χ1n) is 9.41. The van der Waals surface area contributed by atoms with Gasteiger partial charge in [-0.2, -0.15) is 0 Å². The van der Waals surface area contributed by atoms with E-state index in [1.807, 2.05) is 13.8 Å². The quantitative estimate of drug-likeness (QED) is 0.274. The number of nitro benzene ring substituents is 1. The number of carboxylic acid groups (broad SMARTS) is 1. The first kappa shape index (κ1) is 24.8. The molecular weight excluding hydrogens is 398 g/mol. The predicted molar refractivity (Wildman–Crippen MR) is 106 cm³/mol. The largest absolute Gasteiger partial charge is 0.481 e. The number of benzene rings is 1. The SMILES string of the molecule is CCOC(=O)C(O)CN(CC(C)C)C(=O)NC(CC(=O)O)c1cccc([N+](=O)[O-])c1. The number of carbonyl (C=O) groups is 3. The number of nitro groups is 1. The number of carbonyl (C=O) groups excluding carboxylic acids is 2. The molecule has 0 radical (unpaired) electrons. The maximum Gasteiger partial charge on any atom is 0.336 e. The molecule has 3 N–H and O–H groups in total. The van der Waals surface area contributed by atoms with Gasteiger partial charge in [0.2, 0.25) is 0 Å². The monoisotopic (exact) mass is 425 g/mol. The molecule has 0 aliphatic carbocycles. The molecule has 11 heteroatoms. The number of non-ortho nitro benzene ring substituents is 1.